The molecule has 2 heteroatoms. The third kappa shape index (κ3) is 4.19. The number of nitrogens with one attached hydrogen (secondary N) is 1. The average Bonchev–Trinajstić information content (AvgIpc) is 2.46. The number of piperidine rings is 1. The summed E-state index contributed by atoms with van der Waals surface area (Å²) in [7, 11) is 0. The highest BCUT2D eigenvalue weighted by Crippen LogP contribution is 2.34. The Labute approximate surface area is 120 Å². The van der Waals surface area contributed by atoms with Crippen LogP contribution in [0.2, 0.25) is 0 Å². The lowest BCUT2D eigenvalue weighted by Crippen LogP contribution is -2.48. The molecule has 2 nitrogen and oxygen atoms in total. The molecule has 0 radical (unpaired) electrons. The summed E-state index contributed by atoms with van der Waals surface area (Å²) >= 11 is 0. The van der Waals surface area contributed by atoms with Gasteiger partial charge in [-0.2, -0.15) is 0 Å². The minimum absolute atomic E-state index is 0.851. The fraction of sp³-hybridized carbons (Fsp3) is 1.00. The zero-order chi connectivity index (χ0) is 13.7. The summed E-state index contributed by atoms with van der Waals surface area (Å²) in [5.74, 6) is 2.68. The van der Waals surface area contributed by atoms with Crippen LogP contribution in [-0.4, -0.2) is 37.1 Å². The first-order chi connectivity index (χ1) is 9.22. The van der Waals surface area contributed by atoms with E-state index in [2.05, 4.69) is 31.0 Å². The summed E-state index contributed by atoms with van der Waals surface area (Å²) in [5.41, 5.74) is 0. The molecule has 1 saturated heterocycles. The van der Waals surface area contributed by atoms with Crippen molar-refractivity contribution in [3.05, 3.63) is 0 Å². The summed E-state index contributed by atoms with van der Waals surface area (Å²) in [6.45, 7) is 12.3. The van der Waals surface area contributed by atoms with Crippen molar-refractivity contribution in [3.63, 3.8) is 0 Å². The largest absolute Gasteiger partial charge is 0.316 e. The van der Waals surface area contributed by atoms with E-state index in [-0.39, 0.29) is 0 Å². The first-order valence-corrected chi connectivity index (χ1v) is 8.67. The predicted molar refractivity (Wildman–Crippen MR) is 83.4 cm³/mol. The molecule has 0 aromatic heterocycles. The van der Waals surface area contributed by atoms with Gasteiger partial charge in [-0.25, -0.2) is 0 Å². The molecule has 1 N–H and O–H groups in total. The molecule has 0 aromatic carbocycles. The van der Waals surface area contributed by atoms with Gasteiger partial charge in [0.1, 0.15) is 0 Å². The molecule has 3 atom stereocenters. The number of hydrogen-bond donors (Lipinski definition) is 1. The Morgan fingerprint density at radius 1 is 1.11 bits per heavy atom. The minimum Gasteiger partial charge on any atom is -0.316 e. The smallest absolute Gasteiger partial charge is 0.0126 e. The van der Waals surface area contributed by atoms with Crippen LogP contribution >= 0.6 is 0 Å². The Hall–Kier alpha value is -0.0800. The van der Waals surface area contributed by atoms with E-state index < -0.39 is 0 Å². The van der Waals surface area contributed by atoms with Gasteiger partial charge in [0.05, 0.1) is 0 Å². The second-order valence-corrected chi connectivity index (χ2v) is 7.06. The van der Waals surface area contributed by atoms with Crippen LogP contribution in [0.25, 0.3) is 0 Å². The van der Waals surface area contributed by atoms with Crippen molar-refractivity contribution in [1.29, 1.82) is 0 Å². The fourth-order valence-corrected chi connectivity index (χ4v) is 4.28. The first kappa shape index (κ1) is 15.3. The molecular weight excluding hydrogens is 232 g/mol. The van der Waals surface area contributed by atoms with Gasteiger partial charge in [0.15, 0.2) is 0 Å². The zero-order valence-corrected chi connectivity index (χ0v) is 13.3. The SMILES string of the molecule is CCN(CC1CCCNC1)C1CCCCC1C(C)C. The van der Waals surface area contributed by atoms with Gasteiger partial charge in [0, 0.05) is 12.6 Å². The lowest BCUT2D eigenvalue weighted by atomic mass is 9.76. The minimum atomic E-state index is 0.851. The summed E-state index contributed by atoms with van der Waals surface area (Å²) in [5, 5.41) is 3.57. The summed E-state index contributed by atoms with van der Waals surface area (Å²) in [4.78, 5) is 2.82. The molecule has 2 aliphatic rings. The van der Waals surface area contributed by atoms with Gasteiger partial charge in [0.25, 0.3) is 0 Å². The van der Waals surface area contributed by atoms with Gasteiger partial charge < -0.3 is 10.2 Å². The average molecular weight is 266 g/mol. The highest BCUT2D eigenvalue weighted by Gasteiger charge is 2.32. The van der Waals surface area contributed by atoms with Crippen LogP contribution in [0.5, 0.6) is 0 Å². The van der Waals surface area contributed by atoms with Gasteiger partial charge in [-0.05, 0) is 63.1 Å². The van der Waals surface area contributed by atoms with E-state index in [9.17, 15) is 0 Å². The molecule has 2 fully saturated rings. The Balaban J connectivity index is 1.93. The molecule has 19 heavy (non-hydrogen) atoms. The van der Waals surface area contributed by atoms with Crippen LogP contribution in [0.3, 0.4) is 0 Å². The molecule has 0 spiro atoms. The monoisotopic (exact) mass is 266 g/mol. The summed E-state index contributed by atoms with van der Waals surface area (Å²) in [6.07, 6.45) is 8.62. The molecule has 1 aliphatic carbocycles. The van der Waals surface area contributed by atoms with E-state index in [1.54, 1.807) is 0 Å². The molecule has 1 saturated carbocycles. The molecule has 3 unspecified atom stereocenters. The van der Waals surface area contributed by atoms with Gasteiger partial charge in [0.2, 0.25) is 0 Å². The van der Waals surface area contributed by atoms with Crippen molar-refractivity contribution in [2.75, 3.05) is 26.2 Å². The van der Waals surface area contributed by atoms with Crippen molar-refractivity contribution in [3.8, 4) is 0 Å². The normalized spacial score (nSPS) is 33.0. The zero-order valence-electron chi connectivity index (χ0n) is 13.3. The molecule has 112 valence electrons. The second kappa shape index (κ2) is 7.64. The molecule has 2 rings (SSSR count). The predicted octanol–water partition coefficient (Wildman–Crippen LogP) is 3.52. The highest BCUT2D eigenvalue weighted by molar-refractivity contribution is 4.86. The van der Waals surface area contributed by atoms with Crippen LogP contribution < -0.4 is 5.32 Å². The van der Waals surface area contributed by atoms with Crippen molar-refractivity contribution in [2.45, 2.75) is 65.3 Å². The molecule has 0 aromatic rings. The molecule has 1 heterocycles. The van der Waals surface area contributed by atoms with Crippen molar-refractivity contribution in [1.82, 2.24) is 10.2 Å². The Kier molecular flexibility index (Phi) is 6.15. The Morgan fingerprint density at radius 2 is 1.89 bits per heavy atom. The molecule has 1 aliphatic heterocycles. The Morgan fingerprint density at radius 3 is 2.53 bits per heavy atom. The van der Waals surface area contributed by atoms with E-state index in [1.807, 2.05) is 0 Å². The third-order valence-electron chi connectivity index (χ3n) is 5.40. The van der Waals surface area contributed by atoms with Gasteiger partial charge in [-0.1, -0.05) is 33.6 Å². The Bertz CT molecular complexity index is 246. The third-order valence-corrected chi connectivity index (χ3v) is 5.40. The van der Waals surface area contributed by atoms with E-state index in [4.69, 9.17) is 0 Å². The van der Waals surface area contributed by atoms with Crippen LogP contribution in [0, 0.1) is 17.8 Å². The number of rotatable bonds is 5. The standard InChI is InChI=1S/C17H34N2/c1-4-19(13-15-8-7-11-18-12-15)17-10-6-5-9-16(17)14(2)3/h14-18H,4-13H2,1-3H3. The first-order valence-electron chi connectivity index (χ1n) is 8.67. The van der Waals surface area contributed by atoms with Gasteiger partial charge in [-0.15, -0.1) is 0 Å². The number of nitrogens with zero attached hydrogens (tertiary/aromatic N) is 1. The van der Waals surface area contributed by atoms with Crippen molar-refractivity contribution >= 4 is 0 Å². The maximum atomic E-state index is 3.57. The maximum absolute atomic E-state index is 3.57. The van der Waals surface area contributed by atoms with Gasteiger partial charge >= 0.3 is 0 Å². The summed E-state index contributed by atoms with van der Waals surface area (Å²) in [6, 6.07) is 0.862. The quantitative estimate of drug-likeness (QED) is 0.819. The topological polar surface area (TPSA) is 15.3 Å². The van der Waals surface area contributed by atoms with E-state index in [0.29, 0.717) is 0 Å². The van der Waals surface area contributed by atoms with Gasteiger partial charge in [-0.3, -0.25) is 0 Å². The van der Waals surface area contributed by atoms with Crippen LogP contribution in [0.15, 0.2) is 0 Å². The lowest BCUT2D eigenvalue weighted by Gasteiger charge is -2.43. The highest BCUT2D eigenvalue weighted by atomic mass is 15.2. The van der Waals surface area contributed by atoms with E-state index >= 15 is 0 Å². The summed E-state index contributed by atoms with van der Waals surface area (Å²) < 4.78 is 0. The van der Waals surface area contributed by atoms with Crippen LogP contribution in [0.4, 0.5) is 0 Å². The molecule has 0 bridgehead atoms. The maximum Gasteiger partial charge on any atom is 0.0126 e. The number of hydrogen-bond acceptors (Lipinski definition) is 2. The molecule has 0 amide bonds. The van der Waals surface area contributed by atoms with Crippen LogP contribution in [0.1, 0.15) is 59.3 Å². The molecular formula is C17H34N2. The van der Waals surface area contributed by atoms with E-state index in [0.717, 1.165) is 23.8 Å². The fourth-order valence-electron chi connectivity index (χ4n) is 4.28. The lowest BCUT2D eigenvalue weighted by molar-refractivity contribution is 0.0658. The van der Waals surface area contributed by atoms with Crippen molar-refractivity contribution < 1.29 is 0 Å². The van der Waals surface area contributed by atoms with E-state index in [1.165, 1.54) is 64.7 Å². The van der Waals surface area contributed by atoms with Crippen molar-refractivity contribution in [2.24, 2.45) is 17.8 Å². The second-order valence-electron chi connectivity index (χ2n) is 7.06. The van der Waals surface area contributed by atoms with Crippen LogP contribution in [-0.2, 0) is 0 Å².